The molecule has 1 saturated heterocycles. The van der Waals surface area contributed by atoms with E-state index < -0.39 is 6.04 Å². The van der Waals surface area contributed by atoms with Crippen LogP contribution in [0.3, 0.4) is 0 Å². The fourth-order valence-corrected chi connectivity index (χ4v) is 3.53. The molecule has 1 unspecified atom stereocenters. The number of piperazine rings is 1. The lowest BCUT2D eigenvalue weighted by Crippen LogP contribution is -2.52. The number of nitrogens with one attached hydrogen (secondary N) is 1. The fraction of sp³-hybridized carbons (Fsp3) is 0.391. The lowest BCUT2D eigenvalue weighted by atomic mass is 10.0. The number of hydrogen-bond acceptors (Lipinski definition) is 3. The lowest BCUT2D eigenvalue weighted by Gasteiger charge is -2.37. The average molecular weight is 380 g/mol. The van der Waals surface area contributed by atoms with Gasteiger partial charge in [0.05, 0.1) is 0 Å². The van der Waals surface area contributed by atoms with Gasteiger partial charge < -0.3 is 15.1 Å². The Morgan fingerprint density at radius 1 is 0.893 bits per heavy atom. The molecule has 0 saturated carbocycles. The molecular formula is C23H29N3O2. The van der Waals surface area contributed by atoms with Crippen LogP contribution < -0.4 is 10.2 Å². The molecule has 148 valence electrons. The van der Waals surface area contributed by atoms with E-state index in [1.807, 2.05) is 67.3 Å². The van der Waals surface area contributed by atoms with Gasteiger partial charge in [-0.15, -0.1) is 0 Å². The number of para-hydroxylation sites is 1. The number of anilines is 1. The number of hydrogen-bond donors (Lipinski definition) is 1. The highest BCUT2D eigenvalue weighted by Gasteiger charge is 2.30. The van der Waals surface area contributed by atoms with E-state index in [-0.39, 0.29) is 17.7 Å². The first-order chi connectivity index (χ1) is 13.5. The highest BCUT2D eigenvalue weighted by atomic mass is 16.2. The molecule has 1 aliphatic heterocycles. The highest BCUT2D eigenvalue weighted by Crippen LogP contribution is 2.20. The van der Waals surface area contributed by atoms with E-state index in [1.54, 1.807) is 0 Å². The van der Waals surface area contributed by atoms with Crippen LogP contribution in [0.1, 0.15) is 31.9 Å². The summed E-state index contributed by atoms with van der Waals surface area (Å²) in [5.41, 5.74) is 2.01. The van der Waals surface area contributed by atoms with Crippen molar-refractivity contribution in [2.45, 2.75) is 26.3 Å². The number of amides is 2. The number of nitrogens with zero attached hydrogens (tertiary/aromatic N) is 2. The Morgan fingerprint density at radius 2 is 1.46 bits per heavy atom. The molecule has 2 aromatic rings. The Labute approximate surface area is 167 Å². The van der Waals surface area contributed by atoms with Crippen LogP contribution in [0.2, 0.25) is 0 Å². The topological polar surface area (TPSA) is 52.7 Å². The predicted molar refractivity (Wildman–Crippen MR) is 112 cm³/mol. The summed E-state index contributed by atoms with van der Waals surface area (Å²) in [6.07, 6.45) is 0.415. The SMILES string of the molecule is CC(C)CC(=O)NC(C(=O)N1CCN(c2ccccc2)CC1)c1ccccc1. The number of carbonyl (C=O) groups is 2. The van der Waals surface area contributed by atoms with Crippen LogP contribution in [0.5, 0.6) is 0 Å². The summed E-state index contributed by atoms with van der Waals surface area (Å²) < 4.78 is 0. The lowest BCUT2D eigenvalue weighted by molar-refractivity contribution is -0.137. The normalized spacial score (nSPS) is 15.4. The molecule has 5 heteroatoms. The monoisotopic (exact) mass is 379 g/mol. The van der Waals surface area contributed by atoms with E-state index in [4.69, 9.17) is 0 Å². The zero-order valence-electron chi connectivity index (χ0n) is 16.7. The van der Waals surface area contributed by atoms with Crippen LogP contribution in [0.4, 0.5) is 5.69 Å². The van der Waals surface area contributed by atoms with Crippen molar-refractivity contribution in [3.05, 3.63) is 66.2 Å². The number of rotatable bonds is 6. The summed E-state index contributed by atoms with van der Waals surface area (Å²) in [6, 6.07) is 19.1. The highest BCUT2D eigenvalue weighted by molar-refractivity contribution is 5.89. The van der Waals surface area contributed by atoms with Crippen molar-refractivity contribution in [3.63, 3.8) is 0 Å². The average Bonchev–Trinajstić information content (AvgIpc) is 2.72. The zero-order valence-corrected chi connectivity index (χ0v) is 16.7. The van der Waals surface area contributed by atoms with Crippen LogP contribution in [-0.2, 0) is 9.59 Å². The number of carbonyl (C=O) groups excluding carboxylic acids is 2. The summed E-state index contributed by atoms with van der Waals surface area (Å²) in [5.74, 6) is 0.136. The molecule has 2 amide bonds. The van der Waals surface area contributed by atoms with Crippen molar-refractivity contribution in [2.24, 2.45) is 5.92 Å². The molecule has 1 heterocycles. The smallest absolute Gasteiger partial charge is 0.249 e. The van der Waals surface area contributed by atoms with Crippen LogP contribution in [0.15, 0.2) is 60.7 Å². The summed E-state index contributed by atoms with van der Waals surface area (Å²) in [4.78, 5) is 29.8. The summed E-state index contributed by atoms with van der Waals surface area (Å²) in [5, 5.41) is 2.96. The molecule has 5 nitrogen and oxygen atoms in total. The fourth-order valence-electron chi connectivity index (χ4n) is 3.53. The minimum Gasteiger partial charge on any atom is -0.368 e. The molecule has 0 radical (unpaired) electrons. The first-order valence-corrected chi connectivity index (χ1v) is 9.97. The van der Waals surface area contributed by atoms with Gasteiger partial charge >= 0.3 is 0 Å². The van der Waals surface area contributed by atoms with E-state index in [0.717, 1.165) is 18.7 Å². The van der Waals surface area contributed by atoms with E-state index in [9.17, 15) is 9.59 Å². The third-order valence-electron chi connectivity index (χ3n) is 4.99. The van der Waals surface area contributed by atoms with Crippen LogP contribution >= 0.6 is 0 Å². The van der Waals surface area contributed by atoms with Gasteiger partial charge in [0.2, 0.25) is 11.8 Å². The Kier molecular flexibility index (Phi) is 6.69. The third kappa shape index (κ3) is 5.12. The maximum Gasteiger partial charge on any atom is 0.249 e. The van der Waals surface area contributed by atoms with Crippen molar-refractivity contribution in [3.8, 4) is 0 Å². The van der Waals surface area contributed by atoms with Gasteiger partial charge in [-0.25, -0.2) is 0 Å². The predicted octanol–water partition coefficient (Wildman–Crippen LogP) is 3.24. The zero-order chi connectivity index (χ0) is 19.9. The third-order valence-corrected chi connectivity index (χ3v) is 4.99. The van der Waals surface area contributed by atoms with Crippen molar-refractivity contribution >= 4 is 17.5 Å². The van der Waals surface area contributed by atoms with E-state index >= 15 is 0 Å². The van der Waals surface area contributed by atoms with Crippen LogP contribution in [0, 0.1) is 5.92 Å². The van der Waals surface area contributed by atoms with Gasteiger partial charge in [-0.3, -0.25) is 9.59 Å². The summed E-state index contributed by atoms with van der Waals surface area (Å²) in [6.45, 7) is 6.88. The maximum absolute atomic E-state index is 13.3. The minimum atomic E-state index is -0.629. The molecule has 0 aromatic heterocycles. The molecule has 0 spiro atoms. The molecule has 0 aliphatic carbocycles. The minimum absolute atomic E-state index is 0.0315. The Bertz CT molecular complexity index is 769. The Hall–Kier alpha value is -2.82. The van der Waals surface area contributed by atoms with Gasteiger partial charge in [0.25, 0.3) is 0 Å². The molecule has 0 bridgehead atoms. The van der Waals surface area contributed by atoms with Gasteiger partial charge in [-0.05, 0) is 23.6 Å². The van der Waals surface area contributed by atoms with E-state index in [2.05, 4.69) is 22.3 Å². The van der Waals surface area contributed by atoms with Crippen LogP contribution in [0.25, 0.3) is 0 Å². The summed E-state index contributed by atoms with van der Waals surface area (Å²) >= 11 is 0. The first kappa shape index (κ1) is 19.9. The van der Waals surface area contributed by atoms with E-state index in [1.165, 1.54) is 5.69 Å². The van der Waals surface area contributed by atoms with E-state index in [0.29, 0.717) is 19.5 Å². The van der Waals surface area contributed by atoms with Crippen molar-refractivity contribution in [2.75, 3.05) is 31.1 Å². The van der Waals surface area contributed by atoms with Crippen molar-refractivity contribution in [1.29, 1.82) is 0 Å². The molecule has 1 aliphatic rings. The van der Waals surface area contributed by atoms with Gasteiger partial charge in [0, 0.05) is 38.3 Å². The standard InChI is InChI=1S/C23H29N3O2/c1-18(2)17-21(27)24-22(19-9-5-3-6-10-19)23(28)26-15-13-25(14-16-26)20-11-7-4-8-12-20/h3-12,18,22H,13-17H2,1-2H3,(H,24,27). The maximum atomic E-state index is 13.3. The van der Waals surface area contributed by atoms with Crippen molar-refractivity contribution < 1.29 is 9.59 Å². The van der Waals surface area contributed by atoms with Gasteiger partial charge in [-0.2, -0.15) is 0 Å². The molecule has 3 rings (SSSR count). The molecule has 2 aromatic carbocycles. The summed E-state index contributed by atoms with van der Waals surface area (Å²) in [7, 11) is 0. The second-order valence-corrected chi connectivity index (χ2v) is 7.66. The largest absolute Gasteiger partial charge is 0.368 e. The molecule has 1 N–H and O–H groups in total. The van der Waals surface area contributed by atoms with Gasteiger partial charge in [-0.1, -0.05) is 62.4 Å². The number of benzene rings is 2. The second kappa shape index (κ2) is 9.40. The Morgan fingerprint density at radius 3 is 2.04 bits per heavy atom. The molecule has 28 heavy (non-hydrogen) atoms. The van der Waals surface area contributed by atoms with Gasteiger partial charge in [0.15, 0.2) is 0 Å². The molecule has 1 atom stereocenters. The second-order valence-electron chi connectivity index (χ2n) is 7.66. The van der Waals surface area contributed by atoms with Crippen LogP contribution in [-0.4, -0.2) is 42.9 Å². The Balaban J connectivity index is 1.68. The first-order valence-electron chi connectivity index (χ1n) is 9.97. The molecular weight excluding hydrogens is 350 g/mol. The molecule has 1 fully saturated rings. The van der Waals surface area contributed by atoms with Crippen molar-refractivity contribution in [1.82, 2.24) is 10.2 Å². The quantitative estimate of drug-likeness (QED) is 0.838. The van der Waals surface area contributed by atoms with Gasteiger partial charge in [0.1, 0.15) is 6.04 Å².